The smallest absolute Gasteiger partial charge is 0.129 e. The molecule has 1 atom stereocenters. The third-order valence-electron chi connectivity index (χ3n) is 0.565. The Kier molecular flexibility index (Phi) is 3.36. The zero-order chi connectivity index (χ0) is 6.62. The molecule has 0 heterocycles. The van der Waals surface area contributed by atoms with E-state index in [0.717, 1.165) is 6.16 Å². The minimum Gasteiger partial charge on any atom is -0.132 e. The van der Waals surface area contributed by atoms with Gasteiger partial charge in [0.1, 0.15) is 8.07 Å². The summed E-state index contributed by atoms with van der Waals surface area (Å²) in [6.45, 7) is 6.75. The summed E-state index contributed by atoms with van der Waals surface area (Å²) in [5.74, 6) is 3.06. The van der Waals surface area contributed by atoms with E-state index >= 15 is 0 Å². The van der Waals surface area contributed by atoms with Gasteiger partial charge in [0.05, 0.1) is 0 Å². The fourth-order valence-electron chi connectivity index (χ4n) is 0.316. The van der Waals surface area contributed by atoms with Gasteiger partial charge in [0.2, 0.25) is 0 Å². The maximum Gasteiger partial charge on any atom is 0.129 e. The first kappa shape index (κ1) is 8.21. The highest BCUT2D eigenvalue weighted by atomic mass is 31.0. The van der Waals surface area contributed by atoms with Crippen LogP contribution in [-0.2, 0) is 0 Å². The van der Waals surface area contributed by atoms with Crippen LogP contribution >= 0.6 is 9.24 Å². The van der Waals surface area contributed by atoms with Gasteiger partial charge in [0, 0.05) is 6.16 Å². The Morgan fingerprint density at radius 2 is 1.88 bits per heavy atom. The molecule has 0 fully saturated rings. The van der Waals surface area contributed by atoms with Crippen molar-refractivity contribution in [3.05, 3.63) is 0 Å². The van der Waals surface area contributed by atoms with E-state index in [9.17, 15) is 0 Å². The Balaban J connectivity index is 3.69. The Morgan fingerprint density at radius 3 is 2.00 bits per heavy atom. The molecule has 2 heteroatoms. The van der Waals surface area contributed by atoms with Crippen LogP contribution in [0.4, 0.5) is 0 Å². The molecule has 1 unspecified atom stereocenters. The predicted molar refractivity (Wildman–Crippen MR) is 45.7 cm³/mol. The van der Waals surface area contributed by atoms with Gasteiger partial charge in [-0.1, -0.05) is 19.6 Å². The van der Waals surface area contributed by atoms with Crippen LogP contribution in [0.3, 0.4) is 0 Å². The summed E-state index contributed by atoms with van der Waals surface area (Å²) in [4.78, 5) is 0. The van der Waals surface area contributed by atoms with Gasteiger partial charge in [-0.05, 0) is 0 Å². The highest BCUT2D eigenvalue weighted by molar-refractivity contribution is 7.16. The van der Waals surface area contributed by atoms with Crippen molar-refractivity contribution in [1.29, 1.82) is 0 Å². The maximum atomic E-state index is 3.24. The maximum absolute atomic E-state index is 3.24. The van der Waals surface area contributed by atoms with Crippen LogP contribution in [0.5, 0.6) is 0 Å². The first-order chi connectivity index (χ1) is 3.56. The Morgan fingerprint density at radius 1 is 1.38 bits per heavy atom. The Bertz CT molecular complexity index is 113. The third-order valence-corrected chi connectivity index (χ3v) is 1.70. The zero-order valence-electron chi connectivity index (χ0n) is 5.78. The van der Waals surface area contributed by atoms with Gasteiger partial charge in [-0.25, -0.2) is 0 Å². The van der Waals surface area contributed by atoms with E-state index in [2.05, 4.69) is 40.3 Å². The van der Waals surface area contributed by atoms with Crippen molar-refractivity contribution in [2.24, 2.45) is 0 Å². The molecule has 0 aromatic heterocycles. The van der Waals surface area contributed by atoms with Crippen molar-refractivity contribution in [3.8, 4) is 11.5 Å². The summed E-state index contributed by atoms with van der Waals surface area (Å²) in [5, 5.41) is 0. The van der Waals surface area contributed by atoms with E-state index in [0.29, 0.717) is 0 Å². The molecule has 0 amide bonds. The number of hydrogen-bond acceptors (Lipinski definition) is 0. The lowest BCUT2D eigenvalue weighted by molar-refractivity contribution is 1.80. The third kappa shape index (κ3) is 6.21. The summed E-state index contributed by atoms with van der Waals surface area (Å²) in [7, 11) is 1.55. The monoisotopic (exact) mass is 144 g/mol. The molecule has 0 nitrogen and oxygen atoms in total. The van der Waals surface area contributed by atoms with E-state index in [1.807, 2.05) is 0 Å². The molecule has 0 bridgehead atoms. The van der Waals surface area contributed by atoms with E-state index < -0.39 is 8.07 Å². The van der Waals surface area contributed by atoms with Gasteiger partial charge in [0.15, 0.2) is 0 Å². The van der Waals surface area contributed by atoms with Gasteiger partial charge < -0.3 is 0 Å². The van der Waals surface area contributed by atoms with Crippen LogP contribution in [0.25, 0.3) is 0 Å². The van der Waals surface area contributed by atoms with E-state index in [1.165, 1.54) is 0 Å². The van der Waals surface area contributed by atoms with Crippen LogP contribution in [0.1, 0.15) is 0 Å². The minimum absolute atomic E-state index is 0.921. The van der Waals surface area contributed by atoms with Crippen molar-refractivity contribution >= 4 is 17.3 Å². The molecule has 0 spiro atoms. The summed E-state index contributed by atoms with van der Waals surface area (Å²) in [6.07, 6.45) is 0.921. The predicted octanol–water partition coefficient (Wildman–Crippen LogP) is 1.74. The largest absolute Gasteiger partial charge is 0.132 e. The molecular weight excluding hydrogens is 131 g/mol. The lowest BCUT2D eigenvalue weighted by Crippen LogP contribution is -2.16. The van der Waals surface area contributed by atoms with Gasteiger partial charge in [-0.3, -0.25) is 0 Å². The van der Waals surface area contributed by atoms with E-state index in [4.69, 9.17) is 0 Å². The first-order valence-electron chi connectivity index (χ1n) is 2.76. The molecule has 0 aliphatic rings. The lowest BCUT2D eigenvalue weighted by atomic mass is 10.8. The summed E-state index contributed by atoms with van der Waals surface area (Å²) in [6, 6.07) is 0. The summed E-state index contributed by atoms with van der Waals surface area (Å²) in [5.41, 5.74) is 3.24. The molecule has 0 aromatic rings. The molecule has 0 saturated carbocycles. The second kappa shape index (κ2) is 3.28. The highest BCUT2D eigenvalue weighted by Crippen LogP contribution is 1.95. The molecule has 0 rings (SSSR count). The zero-order valence-corrected chi connectivity index (χ0v) is 7.94. The van der Waals surface area contributed by atoms with Crippen molar-refractivity contribution in [3.63, 3.8) is 0 Å². The molecule has 0 radical (unpaired) electrons. The topological polar surface area (TPSA) is 0 Å². The van der Waals surface area contributed by atoms with Gasteiger partial charge in [0.25, 0.3) is 0 Å². The highest BCUT2D eigenvalue weighted by Gasteiger charge is 2.06. The van der Waals surface area contributed by atoms with E-state index in [-0.39, 0.29) is 0 Å². The molecule has 8 heavy (non-hydrogen) atoms. The Hall–Kier alpha value is 0.207. The van der Waals surface area contributed by atoms with Crippen molar-refractivity contribution in [2.45, 2.75) is 19.6 Å². The Labute approximate surface area is 55.3 Å². The molecule has 0 N–H and O–H groups in total. The second-order valence-corrected chi connectivity index (χ2v) is 7.91. The number of hydrogen-bond donors (Lipinski definition) is 0. The average molecular weight is 144 g/mol. The van der Waals surface area contributed by atoms with Gasteiger partial charge >= 0.3 is 0 Å². The van der Waals surface area contributed by atoms with Crippen molar-refractivity contribution < 1.29 is 0 Å². The normalized spacial score (nSPS) is 10.0. The molecule has 46 valence electrons. The summed E-state index contributed by atoms with van der Waals surface area (Å²) >= 11 is 0. The van der Waals surface area contributed by atoms with Gasteiger partial charge in [-0.2, -0.15) is 0 Å². The average Bonchev–Trinajstić information content (AvgIpc) is 1.59. The standard InChI is InChI=1S/C6H13PSi/c1-8(2,3)6-4-5-7/h5,7H2,1-3H3. The van der Waals surface area contributed by atoms with Crippen molar-refractivity contribution in [2.75, 3.05) is 6.16 Å². The molecule has 0 aromatic carbocycles. The second-order valence-electron chi connectivity index (χ2n) is 2.76. The van der Waals surface area contributed by atoms with Crippen LogP contribution in [0.15, 0.2) is 0 Å². The fraction of sp³-hybridized carbons (Fsp3) is 0.667. The minimum atomic E-state index is -1.05. The molecule has 0 saturated heterocycles. The first-order valence-corrected chi connectivity index (χ1v) is 7.08. The SMILES string of the molecule is C[Si](C)(C)C#CCP. The van der Waals surface area contributed by atoms with E-state index in [1.54, 1.807) is 0 Å². The fourth-order valence-corrected chi connectivity index (χ4v) is 1.25. The number of rotatable bonds is 0. The van der Waals surface area contributed by atoms with Crippen LogP contribution in [-0.4, -0.2) is 14.2 Å². The molecular formula is C6H13PSi. The molecule has 0 aliphatic heterocycles. The molecule has 0 aliphatic carbocycles. The van der Waals surface area contributed by atoms with Gasteiger partial charge in [-0.15, -0.1) is 20.7 Å². The summed E-state index contributed by atoms with van der Waals surface area (Å²) < 4.78 is 0. The van der Waals surface area contributed by atoms with Crippen LogP contribution in [0.2, 0.25) is 19.6 Å². The van der Waals surface area contributed by atoms with Crippen molar-refractivity contribution in [1.82, 2.24) is 0 Å². The quantitative estimate of drug-likeness (QED) is 0.276. The lowest BCUT2D eigenvalue weighted by Gasteiger charge is -2.02. The van der Waals surface area contributed by atoms with Crippen LogP contribution < -0.4 is 0 Å². The van der Waals surface area contributed by atoms with Crippen LogP contribution in [0, 0.1) is 11.5 Å².